The van der Waals surface area contributed by atoms with Crippen molar-refractivity contribution in [2.75, 3.05) is 114 Å². The first-order chi connectivity index (χ1) is 65.5. The van der Waals surface area contributed by atoms with E-state index in [1.807, 2.05) is 0 Å². The molecule has 0 bridgehead atoms. The summed E-state index contributed by atoms with van der Waals surface area (Å²) in [7, 11) is -6.51. The molecule has 6 fully saturated rings. The number of aliphatic hydroxyl groups is 6. The molecule has 1 aliphatic carbocycles. The lowest BCUT2D eigenvalue weighted by molar-refractivity contribution is -0.274. The van der Waals surface area contributed by atoms with Gasteiger partial charge in [0.05, 0.1) is 111 Å². The van der Waals surface area contributed by atoms with Crippen LogP contribution in [0.15, 0.2) is 50.6 Å². The highest BCUT2D eigenvalue weighted by atomic mass is 35.5. The van der Waals surface area contributed by atoms with Crippen LogP contribution in [-0.4, -0.2) is 319 Å². The molecular formula is C78H98Cl4N20O34P2. The number of phosphoric ester groups is 2. The number of nitrogens with two attached hydrogens (primary N) is 4. The molecule has 13 heterocycles. The van der Waals surface area contributed by atoms with Crippen LogP contribution in [-0.2, 0) is 112 Å². The maximum atomic E-state index is 13.8. The van der Waals surface area contributed by atoms with Crippen molar-refractivity contribution in [3.63, 3.8) is 0 Å². The van der Waals surface area contributed by atoms with Gasteiger partial charge in [0, 0.05) is 20.1 Å². The molecule has 5 aliphatic heterocycles. The fourth-order valence-electron chi connectivity index (χ4n) is 15.2. The van der Waals surface area contributed by atoms with Crippen LogP contribution in [0.25, 0.3) is 44.7 Å². The molecule has 8 aromatic heterocycles. The molecule has 18 atom stereocenters. The zero-order chi connectivity index (χ0) is 101. The van der Waals surface area contributed by atoms with Crippen molar-refractivity contribution in [1.82, 2.24) is 78.1 Å². The van der Waals surface area contributed by atoms with Gasteiger partial charge in [0.2, 0.25) is 32.8 Å². The molecule has 1 saturated carbocycles. The van der Waals surface area contributed by atoms with E-state index in [2.05, 4.69) is 93.0 Å². The SMILES string of the molecule is C#C[C@@]1(O)[C@H](O)[C@@](CCl)(COP(=O)(OCOC(=O)OC(C)C)OCOC(=O)OC(C)C)O[C@H]1n1cnc2c(N)ncnc21.C#C[C@@]1(O)[C@H](O)[C@](CO)(CCl)O[C@H]1n1cnc2c(N)ncnc21.C#C[C@@]12CC(OC)C[C@@H]1[C@@](CCl)(COP(=O)(OCOC(=O)OC(C)C)OCOC(=O)OC(C)C)O[C@H]2n1cnc2c(N)ncnc21.C#C[C@@]12OC(OC)O[C@@H]1[C@](CO)(CCl)O[C@H]2n1cnc2c(N)ncnc21. The van der Waals surface area contributed by atoms with Gasteiger partial charge in [-0.1, -0.05) is 23.7 Å². The Balaban J connectivity index is 0.000000183. The average molecular weight is 2060 g/mol. The van der Waals surface area contributed by atoms with Crippen LogP contribution >= 0.6 is 62.0 Å². The largest absolute Gasteiger partial charge is 0.510 e. The maximum absolute atomic E-state index is 13.8. The Hall–Kier alpha value is -10.5. The molecule has 60 heteroatoms. The van der Waals surface area contributed by atoms with Crippen molar-refractivity contribution in [3.05, 3.63) is 50.6 Å². The zero-order valence-electron chi connectivity index (χ0n) is 74.9. The first-order valence-corrected chi connectivity index (χ1v) is 46.0. The summed E-state index contributed by atoms with van der Waals surface area (Å²) in [6.45, 7) is 5.35. The average Bonchev–Trinajstić information content (AvgIpc) is 1.54. The Labute approximate surface area is 803 Å². The minimum atomic E-state index is -4.82. The Morgan fingerprint density at radius 3 is 1.10 bits per heavy atom. The zero-order valence-corrected chi connectivity index (χ0v) is 79.7. The quantitative estimate of drug-likeness (QED) is 0.00673. The normalized spacial score (nSPS) is 28.5. The highest BCUT2D eigenvalue weighted by molar-refractivity contribution is 7.48. The number of ether oxygens (including phenoxy) is 16. The minimum Gasteiger partial charge on any atom is -0.432 e. The van der Waals surface area contributed by atoms with Crippen LogP contribution < -0.4 is 22.9 Å². The van der Waals surface area contributed by atoms with E-state index in [-0.39, 0.29) is 69.3 Å². The number of imidazole rings is 4. The second-order valence-corrected chi connectivity index (χ2v) is 36.3. The summed E-state index contributed by atoms with van der Waals surface area (Å²) in [6, 6.07) is 0. The molecule has 14 N–H and O–H groups in total. The van der Waals surface area contributed by atoms with Crippen LogP contribution in [0.1, 0.15) is 93.1 Å². The van der Waals surface area contributed by atoms with Gasteiger partial charge >= 0.3 is 40.3 Å². The van der Waals surface area contributed by atoms with E-state index in [4.69, 9.17) is 188 Å². The van der Waals surface area contributed by atoms with Crippen molar-refractivity contribution >= 4 is 155 Å². The van der Waals surface area contributed by atoms with Gasteiger partial charge in [-0.05, 0) is 68.2 Å². The first-order valence-electron chi connectivity index (χ1n) is 40.9. The molecule has 2 unspecified atom stereocenters. The second-order valence-electron chi connectivity index (χ2n) is 31.9. The third kappa shape index (κ3) is 21.7. The monoisotopic (exact) mass is 2060 g/mol. The number of nitrogen functional groups attached to an aromatic ring is 4. The van der Waals surface area contributed by atoms with Crippen LogP contribution in [0.2, 0.25) is 0 Å². The highest BCUT2D eigenvalue weighted by Crippen LogP contribution is 2.65. The van der Waals surface area contributed by atoms with Crippen molar-refractivity contribution in [3.8, 4) is 49.4 Å². The number of hydrogen-bond acceptors (Lipinski definition) is 50. The summed E-state index contributed by atoms with van der Waals surface area (Å²) in [6.07, 6.45) is 18.2. The summed E-state index contributed by atoms with van der Waals surface area (Å²) in [4.78, 5) is 96.0. The van der Waals surface area contributed by atoms with Crippen molar-refractivity contribution in [2.24, 2.45) is 11.3 Å². The fraction of sp³-hybridized carbons (Fsp3) is 0.590. The van der Waals surface area contributed by atoms with Gasteiger partial charge in [-0.2, -0.15) is 0 Å². The molecule has 8 aromatic rings. The van der Waals surface area contributed by atoms with Gasteiger partial charge < -0.3 is 129 Å². The molecular weight excluding hydrogens is 1960 g/mol. The van der Waals surface area contributed by atoms with Gasteiger partial charge in [-0.3, -0.25) is 27.3 Å². The van der Waals surface area contributed by atoms with Crippen LogP contribution in [0.3, 0.4) is 0 Å². The summed E-state index contributed by atoms with van der Waals surface area (Å²) in [5.74, 6) is 8.59. The topological polar surface area (TPSA) is 705 Å². The number of terminal acetylenes is 4. The molecule has 752 valence electrons. The Bertz CT molecular complexity index is 5860. The van der Waals surface area contributed by atoms with Gasteiger partial charge in [0.25, 0.3) is 6.48 Å². The predicted octanol–water partition coefficient (Wildman–Crippen LogP) is 4.25. The van der Waals surface area contributed by atoms with Gasteiger partial charge in [-0.25, -0.2) is 106 Å². The molecule has 6 aliphatic rings. The van der Waals surface area contributed by atoms with Crippen LogP contribution in [0.5, 0.6) is 0 Å². The summed E-state index contributed by atoms with van der Waals surface area (Å²) >= 11 is 24.7. The van der Waals surface area contributed by atoms with E-state index in [9.17, 15) is 58.9 Å². The molecule has 0 radical (unpaired) electrons. The number of carbonyl (C=O) groups is 4. The number of phosphoric acid groups is 2. The lowest BCUT2D eigenvalue weighted by atomic mass is 9.72. The first kappa shape index (κ1) is 108. The van der Waals surface area contributed by atoms with Crippen molar-refractivity contribution < 1.29 is 162 Å². The Morgan fingerprint density at radius 1 is 0.457 bits per heavy atom. The van der Waals surface area contributed by atoms with Crippen LogP contribution in [0, 0.1) is 60.7 Å². The molecule has 54 nitrogen and oxygen atoms in total. The van der Waals surface area contributed by atoms with E-state index in [0.717, 1.165) is 6.33 Å². The number of aliphatic hydroxyl groups excluding tert-OH is 4. The minimum absolute atomic E-state index is 0.0210. The number of alkyl halides is 4. The third-order valence-electron chi connectivity index (χ3n) is 21.8. The number of halogens is 4. The summed E-state index contributed by atoms with van der Waals surface area (Å²) in [5.41, 5.74) is 12.2. The van der Waals surface area contributed by atoms with Crippen LogP contribution in [0.4, 0.5) is 42.4 Å². The number of anilines is 4. The summed E-state index contributed by atoms with van der Waals surface area (Å²) in [5, 5.41) is 63.2. The number of hydrogen-bond donors (Lipinski definition) is 10. The molecule has 5 saturated heterocycles. The van der Waals surface area contributed by atoms with E-state index in [0.29, 0.717) is 35.2 Å². The molecule has 0 amide bonds. The molecule has 0 spiro atoms. The van der Waals surface area contributed by atoms with Gasteiger partial charge in [0.1, 0.15) is 88.1 Å². The number of fused-ring (bicyclic) bond motifs is 6. The Kier molecular flexibility index (Phi) is 34.9. The van der Waals surface area contributed by atoms with E-state index in [1.54, 1.807) is 71.6 Å². The highest BCUT2D eigenvalue weighted by Gasteiger charge is 2.73. The van der Waals surface area contributed by atoms with E-state index in [1.165, 1.54) is 60.5 Å². The summed E-state index contributed by atoms with van der Waals surface area (Å²) < 4.78 is 150. The molecule has 138 heavy (non-hydrogen) atoms. The smallest absolute Gasteiger partial charge is 0.432 e. The molecule has 14 rings (SSSR count). The van der Waals surface area contributed by atoms with E-state index < -0.39 is 224 Å². The van der Waals surface area contributed by atoms with E-state index >= 15 is 0 Å². The predicted molar refractivity (Wildman–Crippen MR) is 472 cm³/mol. The lowest BCUT2D eigenvalue weighted by Gasteiger charge is -2.33. The standard InChI is InChI=1S/C27H37ClN5O12P.C23H31ClN5O13P.C15H16ClN5O5.C13H14ClN5O4/c1-7-26-9-18(37-6)8-19(26)27(10-28,45-23(26)33-13-32-20-21(29)30-12-31-22(20)33)11-40-46(36,41-14-38-24(34)43-16(2)3)42-15-39-25(35)44-17(4)5;1-6-23(33)18(30)22(7-24,42-19(23)29-10-28-15-16(25)26-9-27-17(15)29)8-37-43(34,38-11-35-20(31)40-13(2)3)39-12-36-21(32)41-14(4)5;1-3-15-11(24-13(23-2)26-15)14(4-16,5-22)25-12(15)21-7-20-8-9(17)18-6-19-10(8)21;1-2-13(22)10(21)12(3-14,4-20)23-11(13)19-6-18-7-8(15)16-5-17-9(7)19/h1,12-13,16-19,23H,8-11,14-15H2,2-6H3,(H2,29,30,31);1,9-10,13-14,18-19,30,33H,7-8,11-12H2,2-5H3,(H2,25,26,27);1,6-7,11-13,22H,4-5H2,2H3,(H2,17,18,19);1,5-6,10-11,20-22H,3-4H2,(H2,15,16,17)/t18?,19-,23+,26+,27+;18-,19-,22-,23-;11-,12-,13?,14-,15-;10-,11-,12-,13-/m0111/s1. The number of rotatable bonds is 34. The maximum Gasteiger partial charge on any atom is 0.510 e. The van der Waals surface area contributed by atoms with Gasteiger partial charge in [0.15, 0.2) is 82.0 Å². The lowest BCUT2D eigenvalue weighted by Crippen LogP contribution is -2.53. The fourth-order valence-corrected chi connectivity index (χ4v) is 18.3. The Morgan fingerprint density at radius 2 is 0.783 bits per heavy atom. The second kappa shape index (κ2) is 44.6. The van der Waals surface area contributed by atoms with Crippen molar-refractivity contribution in [1.29, 1.82) is 0 Å². The number of carbonyl (C=O) groups excluding carboxylic acids is 4. The third-order valence-corrected chi connectivity index (χ3v) is 26.2. The number of methoxy groups -OCH3 is 2. The van der Waals surface area contributed by atoms with Gasteiger partial charge in [-0.15, -0.1) is 72.1 Å². The number of aromatic nitrogens is 16. The molecule has 0 aromatic carbocycles. The van der Waals surface area contributed by atoms with Crippen molar-refractivity contribution in [2.45, 2.75) is 188 Å². The number of nitrogens with zero attached hydrogens (tertiary/aromatic N) is 16.